The van der Waals surface area contributed by atoms with E-state index < -0.39 is 5.97 Å². The zero-order valence-corrected chi connectivity index (χ0v) is 15.4. The number of benzene rings is 1. The number of aromatic carboxylic acids is 1. The first-order valence-corrected chi connectivity index (χ1v) is 8.90. The van der Waals surface area contributed by atoms with Crippen LogP contribution in [-0.2, 0) is 13.0 Å². The van der Waals surface area contributed by atoms with E-state index in [1.54, 1.807) is 34.9 Å². The Morgan fingerprint density at radius 3 is 2.61 bits per heavy atom. The smallest absolute Gasteiger partial charge is 0.340 e. The van der Waals surface area contributed by atoms with Crippen molar-refractivity contribution in [1.29, 1.82) is 0 Å². The van der Waals surface area contributed by atoms with Gasteiger partial charge in [0.05, 0.1) is 5.56 Å². The fourth-order valence-electron chi connectivity index (χ4n) is 3.00. The van der Waals surface area contributed by atoms with Gasteiger partial charge in [-0.2, -0.15) is 0 Å². The molecular formula is C20H21N3O5. The van der Waals surface area contributed by atoms with Gasteiger partial charge in [0.2, 0.25) is 0 Å². The first-order valence-electron chi connectivity index (χ1n) is 8.90. The number of rotatable bonds is 8. The van der Waals surface area contributed by atoms with Crippen molar-refractivity contribution in [2.75, 3.05) is 5.73 Å². The summed E-state index contributed by atoms with van der Waals surface area (Å²) in [7, 11) is 0. The Labute approximate surface area is 161 Å². The van der Waals surface area contributed by atoms with Crippen molar-refractivity contribution in [1.82, 2.24) is 9.72 Å². The van der Waals surface area contributed by atoms with Gasteiger partial charge in [0.1, 0.15) is 28.6 Å². The summed E-state index contributed by atoms with van der Waals surface area (Å²) in [6.45, 7) is 2.48. The highest BCUT2D eigenvalue weighted by atomic mass is 16.5. The minimum Gasteiger partial charge on any atom is -0.508 e. The number of nitrogens with two attached hydrogens (primary N) is 1. The van der Waals surface area contributed by atoms with E-state index in [1.807, 2.05) is 6.92 Å². The standard InChI is InChI=1S/C20H21N3O5/c1-2-9-23-11-15(18(19(23)21)20(26)27)17(25)8-7-14-10-16(22-28-14)12-3-5-13(24)6-4-12/h3-6,10-11,24H,2,7-9,21H2,1H3,(H,26,27). The fourth-order valence-corrected chi connectivity index (χ4v) is 3.00. The SMILES string of the molecule is CCCn1cc(C(=O)CCc2cc(-c3ccc(O)cc3)no2)c(C(=O)O)c1N. The van der Waals surface area contributed by atoms with Crippen molar-refractivity contribution in [3.63, 3.8) is 0 Å². The number of ketones is 1. The average Bonchev–Trinajstić information content (AvgIpc) is 3.26. The number of carbonyl (C=O) groups excluding carboxylic acids is 1. The molecule has 1 aromatic carbocycles. The molecule has 2 aromatic heterocycles. The van der Waals surface area contributed by atoms with E-state index in [0.717, 1.165) is 12.0 Å². The lowest BCUT2D eigenvalue weighted by atomic mass is 10.0. The van der Waals surface area contributed by atoms with Crippen molar-refractivity contribution in [3.05, 3.63) is 53.4 Å². The number of aryl methyl sites for hydroxylation is 2. The Hall–Kier alpha value is -3.55. The summed E-state index contributed by atoms with van der Waals surface area (Å²) in [5, 5.41) is 22.7. The van der Waals surface area contributed by atoms with E-state index in [0.29, 0.717) is 18.0 Å². The van der Waals surface area contributed by atoms with Crippen molar-refractivity contribution < 1.29 is 24.3 Å². The van der Waals surface area contributed by atoms with Crippen molar-refractivity contribution in [2.45, 2.75) is 32.7 Å². The first kappa shape index (κ1) is 19.2. The zero-order chi connectivity index (χ0) is 20.3. The van der Waals surface area contributed by atoms with Gasteiger partial charge in [-0.15, -0.1) is 0 Å². The second-order valence-electron chi connectivity index (χ2n) is 6.45. The summed E-state index contributed by atoms with van der Waals surface area (Å²) >= 11 is 0. The number of anilines is 1. The lowest BCUT2D eigenvalue weighted by Crippen LogP contribution is -2.09. The maximum atomic E-state index is 12.6. The van der Waals surface area contributed by atoms with Crippen LogP contribution in [0.3, 0.4) is 0 Å². The number of hydrogen-bond acceptors (Lipinski definition) is 6. The number of phenolic OH excluding ortho intramolecular Hbond substituents is 1. The Morgan fingerprint density at radius 2 is 1.96 bits per heavy atom. The predicted octanol–water partition coefficient (Wildman–Crippen LogP) is 3.35. The van der Waals surface area contributed by atoms with E-state index in [9.17, 15) is 19.8 Å². The van der Waals surface area contributed by atoms with E-state index in [2.05, 4.69) is 5.16 Å². The van der Waals surface area contributed by atoms with Gasteiger partial charge in [-0.1, -0.05) is 12.1 Å². The van der Waals surface area contributed by atoms with Gasteiger partial charge in [-0.25, -0.2) is 4.79 Å². The number of nitrogens with zero attached hydrogens (tertiary/aromatic N) is 2. The van der Waals surface area contributed by atoms with E-state index in [-0.39, 0.29) is 41.3 Å². The Balaban J connectivity index is 1.73. The van der Waals surface area contributed by atoms with E-state index >= 15 is 0 Å². The number of phenols is 1. The first-order chi connectivity index (χ1) is 13.4. The van der Waals surface area contributed by atoms with Gasteiger partial charge in [-0.3, -0.25) is 4.79 Å². The zero-order valence-electron chi connectivity index (χ0n) is 15.4. The Kier molecular flexibility index (Phi) is 5.49. The molecule has 3 rings (SSSR count). The second-order valence-corrected chi connectivity index (χ2v) is 6.45. The highest BCUT2D eigenvalue weighted by Gasteiger charge is 2.24. The van der Waals surface area contributed by atoms with Crippen LogP contribution in [-0.4, -0.2) is 31.7 Å². The van der Waals surface area contributed by atoms with Crippen LogP contribution in [0, 0.1) is 0 Å². The van der Waals surface area contributed by atoms with E-state index in [1.165, 1.54) is 6.20 Å². The predicted molar refractivity (Wildman–Crippen MR) is 102 cm³/mol. The highest BCUT2D eigenvalue weighted by Crippen LogP contribution is 2.25. The molecule has 2 heterocycles. The third-order valence-corrected chi connectivity index (χ3v) is 4.42. The minimum atomic E-state index is -1.22. The molecular weight excluding hydrogens is 362 g/mol. The minimum absolute atomic E-state index is 0.0695. The summed E-state index contributed by atoms with van der Waals surface area (Å²) in [5.41, 5.74) is 7.22. The van der Waals surface area contributed by atoms with Crippen LogP contribution in [0.25, 0.3) is 11.3 Å². The van der Waals surface area contributed by atoms with Gasteiger partial charge in [0.25, 0.3) is 0 Å². The lowest BCUT2D eigenvalue weighted by molar-refractivity contribution is 0.0693. The summed E-state index contributed by atoms with van der Waals surface area (Å²) in [4.78, 5) is 24.1. The van der Waals surface area contributed by atoms with Gasteiger partial charge < -0.3 is 25.0 Å². The van der Waals surface area contributed by atoms with Crippen molar-refractivity contribution in [3.8, 4) is 17.0 Å². The molecule has 0 aliphatic carbocycles. The number of hydrogen-bond donors (Lipinski definition) is 3. The number of Topliss-reactive ketones (excluding diaryl/α,β-unsaturated/α-hetero) is 1. The van der Waals surface area contributed by atoms with Crippen LogP contribution in [0.15, 0.2) is 41.1 Å². The van der Waals surface area contributed by atoms with Crippen LogP contribution in [0.2, 0.25) is 0 Å². The molecule has 8 heteroatoms. The van der Waals surface area contributed by atoms with Crippen molar-refractivity contribution in [2.24, 2.45) is 0 Å². The third kappa shape index (κ3) is 3.90. The van der Waals surface area contributed by atoms with Gasteiger partial charge >= 0.3 is 5.97 Å². The monoisotopic (exact) mass is 383 g/mol. The van der Waals surface area contributed by atoms with Crippen LogP contribution in [0.1, 0.15) is 46.2 Å². The highest BCUT2D eigenvalue weighted by molar-refractivity contribution is 6.08. The summed E-state index contributed by atoms with van der Waals surface area (Å²) < 4.78 is 6.86. The number of aromatic hydroxyl groups is 1. The fraction of sp³-hybridized carbons (Fsp3) is 0.250. The normalized spacial score (nSPS) is 10.9. The number of aromatic nitrogens is 2. The molecule has 0 unspecified atom stereocenters. The number of carboxylic acids is 1. The van der Waals surface area contributed by atoms with Crippen LogP contribution in [0.5, 0.6) is 5.75 Å². The molecule has 8 nitrogen and oxygen atoms in total. The maximum absolute atomic E-state index is 12.6. The molecule has 0 bridgehead atoms. The molecule has 0 saturated carbocycles. The summed E-state index contributed by atoms with van der Waals surface area (Å²) in [6, 6.07) is 8.23. The molecule has 0 aliphatic rings. The maximum Gasteiger partial charge on any atom is 0.340 e. The quantitative estimate of drug-likeness (QED) is 0.508. The summed E-state index contributed by atoms with van der Waals surface area (Å²) in [6.07, 6.45) is 2.62. The van der Waals surface area contributed by atoms with E-state index in [4.69, 9.17) is 10.3 Å². The molecule has 0 amide bonds. The largest absolute Gasteiger partial charge is 0.508 e. The molecule has 28 heavy (non-hydrogen) atoms. The number of carboxylic acid groups (broad SMARTS) is 1. The second kappa shape index (κ2) is 7.99. The topological polar surface area (TPSA) is 132 Å². The van der Waals surface area contributed by atoms with Crippen LogP contribution in [0.4, 0.5) is 5.82 Å². The Morgan fingerprint density at radius 1 is 1.25 bits per heavy atom. The Bertz CT molecular complexity index is 1000. The van der Waals surface area contributed by atoms with Crippen molar-refractivity contribution >= 4 is 17.6 Å². The van der Waals surface area contributed by atoms with Crippen LogP contribution >= 0.6 is 0 Å². The number of carbonyl (C=O) groups is 2. The molecule has 0 radical (unpaired) electrons. The molecule has 0 fully saturated rings. The summed E-state index contributed by atoms with van der Waals surface area (Å²) in [5.74, 6) is -0.783. The molecule has 146 valence electrons. The molecule has 0 spiro atoms. The molecule has 0 atom stereocenters. The van der Waals surface area contributed by atoms with Gasteiger partial charge in [0.15, 0.2) is 5.78 Å². The van der Waals surface area contributed by atoms with Gasteiger partial charge in [-0.05, 0) is 30.7 Å². The molecule has 0 aliphatic heterocycles. The van der Waals surface area contributed by atoms with Gasteiger partial charge in [0, 0.05) is 37.2 Å². The third-order valence-electron chi connectivity index (χ3n) is 4.42. The average molecular weight is 383 g/mol. The molecule has 3 aromatic rings. The number of nitrogen functional groups attached to an aromatic ring is 1. The molecule has 0 saturated heterocycles. The van der Waals surface area contributed by atoms with Crippen LogP contribution < -0.4 is 5.73 Å². The lowest BCUT2D eigenvalue weighted by Gasteiger charge is -2.02. The molecule has 4 N–H and O–H groups in total.